The van der Waals surface area contributed by atoms with Gasteiger partial charge in [-0.2, -0.15) is 5.26 Å². The van der Waals surface area contributed by atoms with Crippen LogP contribution in [0, 0.1) is 11.3 Å². The molecule has 0 radical (unpaired) electrons. The lowest BCUT2D eigenvalue weighted by Gasteiger charge is -2.18. The number of benzene rings is 2. The molecule has 0 heterocycles. The van der Waals surface area contributed by atoms with Crippen LogP contribution in [0.25, 0.3) is 0 Å². The zero-order chi connectivity index (χ0) is 20.5. The van der Waals surface area contributed by atoms with E-state index >= 15 is 0 Å². The molecule has 0 aliphatic heterocycles. The van der Waals surface area contributed by atoms with Crippen LogP contribution in [0.5, 0.6) is 11.5 Å². The fraction of sp³-hybridized carbons (Fsp3) is 0.286. The molecule has 2 rings (SSSR count). The van der Waals surface area contributed by atoms with Crippen molar-refractivity contribution in [2.75, 3.05) is 20.8 Å². The molecule has 28 heavy (non-hydrogen) atoms. The Labute approximate surface area is 164 Å². The van der Waals surface area contributed by atoms with E-state index in [-0.39, 0.29) is 5.91 Å². The maximum Gasteiger partial charge on any atom is 0.248 e. The first-order valence-electron chi connectivity index (χ1n) is 8.78. The first-order valence-corrected chi connectivity index (χ1v) is 8.78. The van der Waals surface area contributed by atoms with Crippen LogP contribution in [0.1, 0.15) is 34.3 Å². The molecule has 2 aromatic carbocycles. The molecular weight excluding hydrogens is 358 g/mol. The van der Waals surface area contributed by atoms with E-state index in [1.807, 2.05) is 12.1 Å². The minimum absolute atomic E-state index is 0.0279. The van der Waals surface area contributed by atoms with Crippen molar-refractivity contribution in [3.8, 4) is 17.6 Å². The predicted molar refractivity (Wildman–Crippen MR) is 104 cm³/mol. The Morgan fingerprint density at radius 1 is 1.18 bits per heavy atom. The van der Waals surface area contributed by atoms with E-state index in [9.17, 15) is 9.59 Å². The lowest BCUT2D eigenvalue weighted by Crippen LogP contribution is -2.26. The minimum atomic E-state index is -0.494. The lowest BCUT2D eigenvalue weighted by molar-refractivity contribution is -0.130. The third-order valence-corrected chi connectivity index (χ3v) is 4.14. The van der Waals surface area contributed by atoms with E-state index in [1.54, 1.807) is 48.3 Å². The molecule has 0 fully saturated rings. The number of hydrogen-bond donors (Lipinski definition) is 1. The van der Waals surface area contributed by atoms with Crippen LogP contribution < -0.4 is 15.2 Å². The lowest BCUT2D eigenvalue weighted by atomic mass is 10.1. The van der Waals surface area contributed by atoms with Gasteiger partial charge in [0.05, 0.1) is 25.3 Å². The number of nitrogens with two attached hydrogens (primary N) is 1. The van der Waals surface area contributed by atoms with Gasteiger partial charge < -0.3 is 20.1 Å². The normalized spacial score (nSPS) is 10.0. The van der Waals surface area contributed by atoms with Gasteiger partial charge in [-0.25, -0.2) is 0 Å². The Balaban J connectivity index is 1.82. The van der Waals surface area contributed by atoms with Crippen molar-refractivity contribution in [2.45, 2.75) is 19.4 Å². The average Bonchev–Trinajstić information content (AvgIpc) is 2.71. The summed E-state index contributed by atoms with van der Waals surface area (Å²) in [6.07, 6.45) is 0.859. The van der Waals surface area contributed by atoms with E-state index < -0.39 is 5.91 Å². The molecular formula is C21H23N3O4. The van der Waals surface area contributed by atoms with Gasteiger partial charge in [-0.15, -0.1) is 0 Å². The van der Waals surface area contributed by atoms with Crippen molar-refractivity contribution < 1.29 is 19.1 Å². The highest BCUT2D eigenvalue weighted by atomic mass is 16.5. The predicted octanol–water partition coefficient (Wildman–Crippen LogP) is 2.48. The van der Waals surface area contributed by atoms with Gasteiger partial charge in [-0.1, -0.05) is 12.1 Å². The van der Waals surface area contributed by atoms with E-state index in [0.29, 0.717) is 48.6 Å². The van der Waals surface area contributed by atoms with Gasteiger partial charge in [0.2, 0.25) is 11.8 Å². The monoisotopic (exact) mass is 381 g/mol. The quantitative estimate of drug-likeness (QED) is 0.672. The van der Waals surface area contributed by atoms with Crippen LogP contribution in [0.3, 0.4) is 0 Å². The fourth-order valence-electron chi connectivity index (χ4n) is 2.64. The highest BCUT2D eigenvalue weighted by Crippen LogP contribution is 2.28. The van der Waals surface area contributed by atoms with Crippen molar-refractivity contribution >= 4 is 11.8 Å². The van der Waals surface area contributed by atoms with E-state index in [4.69, 9.17) is 20.5 Å². The molecule has 146 valence electrons. The first-order chi connectivity index (χ1) is 13.4. The van der Waals surface area contributed by atoms with Gasteiger partial charge in [0, 0.05) is 31.6 Å². The third kappa shape index (κ3) is 5.74. The molecule has 0 aromatic heterocycles. The van der Waals surface area contributed by atoms with Crippen molar-refractivity contribution in [2.24, 2.45) is 5.73 Å². The molecule has 2 N–H and O–H groups in total. The largest absolute Gasteiger partial charge is 0.493 e. The second-order valence-electron chi connectivity index (χ2n) is 6.24. The Morgan fingerprint density at radius 2 is 1.96 bits per heavy atom. The average molecular weight is 381 g/mol. The number of nitrogens with zero attached hydrogens (tertiary/aromatic N) is 2. The van der Waals surface area contributed by atoms with Gasteiger partial charge in [0.1, 0.15) is 0 Å². The summed E-state index contributed by atoms with van der Waals surface area (Å²) in [6.45, 7) is 0.739. The Hall–Kier alpha value is -3.53. The van der Waals surface area contributed by atoms with E-state index in [1.165, 1.54) is 7.11 Å². The van der Waals surface area contributed by atoms with Gasteiger partial charge in [0.15, 0.2) is 11.5 Å². The van der Waals surface area contributed by atoms with Crippen LogP contribution in [-0.4, -0.2) is 37.5 Å². The van der Waals surface area contributed by atoms with Crippen molar-refractivity contribution in [1.82, 2.24) is 4.90 Å². The summed E-state index contributed by atoms with van der Waals surface area (Å²) in [5, 5.41) is 8.91. The summed E-state index contributed by atoms with van der Waals surface area (Å²) < 4.78 is 10.9. The molecule has 0 atom stereocenters. The molecule has 7 heteroatoms. The molecule has 0 aliphatic rings. The van der Waals surface area contributed by atoms with Crippen molar-refractivity contribution in [1.29, 1.82) is 5.26 Å². The number of carbonyl (C=O) groups excluding carboxylic acids is 2. The number of nitriles is 1. The standard InChI is InChI=1S/C21H23N3O4/c1-24(14-16-5-3-6-17(11-16)21(23)26)20(25)7-4-10-28-18-9-8-15(13-22)12-19(18)27-2/h3,5-6,8-9,11-12H,4,7,10,14H2,1-2H3,(H2,23,26). The summed E-state index contributed by atoms with van der Waals surface area (Å²) in [7, 11) is 3.22. The fourth-order valence-corrected chi connectivity index (χ4v) is 2.64. The van der Waals surface area contributed by atoms with Gasteiger partial charge in [-0.3, -0.25) is 9.59 Å². The van der Waals surface area contributed by atoms with Crippen LogP contribution in [0.2, 0.25) is 0 Å². The third-order valence-electron chi connectivity index (χ3n) is 4.14. The summed E-state index contributed by atoms with van der Waals surface area (Å²) in [5.74, 6) is 0.494. The minimum Gasteiger partial charge on any atom is -0.493 e. The van der Waals surface area contributed by atoms with Crippen LogP contribution in [0.15, 0.2) is 42.5 Å². The topological polar surface area (TPSA) is 106 Å². The number of rotatable bonds is 9. The Kier molecular flexibility index (Phi) is 7.40. The number of carbonyl (C=O) groups is 2. The summed E-state index contributed by atoms with van der Waals surface area (Å²) in [6, 6.07) is 13.9. The van der Waals surface area contributed by atoms with Gasteiger partial charge in [0.25, 0.3) is 0 Å². The maximum atomic E-state index is 12.3. The molecule has 7 nitrogen and oxygen atoms in total. The molecule has 2 aromatic rings. The second-order valence-corrected chi connectivity index (χ2v) is 6.24. The Morgan fingerprint density at radius 3 is 2.64 bits per heavy atom. The Bertz CT molecular complexity index is 889. The number of hydrogen-bond acceptors (Lipinski definition) is 5. The highest BCUT2D eigenvalue weighted by Gasteiger charge is 2.11. The number of methoxy groups -OCH3 is 1. The number of ether oxygens (including phenoxy) is 2. The molecule has 0 saturated carbocycles. The highest BCUT2D eigenvalue weighted by molar-refractivity contribution is 5.92. The number of amides is 2. The summed E-state index contributed by atoms with van der Waals surface area (Å²) in [4.78, 5) is 25.2. The van der Waals surface area contributed by atoms with E-state index in [2.05, 4.69) is 0 Å². The smallest absolute Gasteiger partial charge is 0.248 e. The number of primary amides is 1. The molecule has 0 saturated heterocycles. The molecule has 0 unspecified atom stereocenters. The van der Waals surface area contributed by atoms with Gasteiger partial charge in [-0.05, 0) is 36.2 Å². The molecule has 2 amide bonds. The molecule has 0 aliphatic carbocycles. The summed E-state index contributed by atoms with van der Waals surface area (Å²) in [5.41, 5.74) is 7.03. The van der Waals surface area contributed by atoms with E-state index in [0.717, 1.165) is 5.56 Å². The second kappa shape index (κ2) is 9.97. The summed E-state index contributed by atoms with van der Waals surface area (Å²) >= 11 is 0. The SMILES string of the molecule is COc1cc(C#N)ccc1OCCCC(=O)N(C)Cc1cccc(C(N)=O)c1. The zero-order valence-corrected chi connectivity index (χ0v) is 16.0. The zero-order valence-electron chi connectivity index (χ0n) is 16.0. The van der Waals surface area contributed by atoms with Crippen molar-refractivity contribution in [3.05, 3.63) is 59.2 Å². The van der Waals surface area contributed by atoms with Crippen LogP contribution >= 0.6 is 0 Å². The first kappa shape index (κ1) is 20.8. The van der Waals surface area contributed by atoms with Crippen molar-refractivity contribution in [3.63, 3.8) is 0 Å². The molecule has 0 bridgehead atoms. The van der Waals surface area contributed by atoms with Crippen LogP contribution in [0.4, 0.5) is 0 Å². The van der Waals surface area contributed by atoms with Gasteiger partial charge >= 0.3 is 0 Å². The maximum absolute atomic E-state index is 12.3. The molecule has 0 spiro atoms. The van der Waals surface area contributed by atoms with Crippen LogP contribution in [-0.2, 0) is 11.3 Å².